The first-order chi connectivity index (χ1) is 12.5. The molecule has 138 valence electrons. The van der Waals surface area contributed by atoms with Crippen LogP contribution < -0.4 is 10.1 Å². The zero-order chi connectivity index (χ0) is 18.5. The van der Waals surface area contributed by atoms with Gasteiger partial charge in [0.05, 0.1) is 12.6 Å². The minimum atomic E-state index is -0.274. The van der Waals surface area contributed by atoms with Crippen LogP contribution in [0.5, 0.6) is 5.75 Å². The molecule has 0 unspecified atom stereocenters. The number of hydrogen-bond acceptors (Lipinski definition) is 2. The topological polar surface area (TPSA) is 41.6 Å². The van der Waals surface area contributed by atoms with Crippen LogP contribution >= 0.6 is 0 Å². The molecule has 1 saturated carbocycles. The third-order valence-corrected chi connectivity index (χ3v) is 4.26. The number of nitrogens with one attached hydrogen (secondary N) is 1. The van der Waals surface area contributed by atoms with Crippen molar-refractivity contribution in [1.82, 2.24) is 10.2 Å². The van der Waals surface area contributed by atoms with Crippen molar-refractivity contribution < 1.29 is 13.9 Å². The van der Waals surface area contributed by atoms with Gasteiger partial charge < -0.3 is 15.0 Å². The monoisotopic (exact) mass is 356 g/mol. The van der Waals surface area contributed by atoms with Crippen LogP contribution in [0.3, 0.4) is 0 Å². The number of halogens is 1. The van der Waals surface area contributed by atoms with Crippen LogP contribution in [-0.2, 0) is 13.1 Å². The number of urea groups is 1. The normalized spacial score (nSPS) is 13.5. The minimum absolute atomic E-state index is 0.103. The van der Waals surface area contributed by atoms with E-state index in [1.54, 1.807) is 23.1 Å². The van der Waals surface area contributed by atoms with Gasteiger partial charge in [-0.25, -0.2) is 9.18 Å². The Kier molecular flexibility index (Phi) is 5.76. The van der Waals surface area contributed by atoms with Crippen molar-refractivity contribution in [1.29, 1.82) is 0 Å². The van der Waals surface area contributed by atoms with Gasteiger partial charge in [-0.05, 0) is 50.5 Å². The largest absolute Gasteiger partial charge is 0.491 e. The highest BCUT2D eigenvalue weighted by Crippen LogP contribution is 2.29. The Morgan fingerprint density at radius 3 is 2.69 bits per heavy atom. The molecule has 0 aromatic heterocycles. The molecule has 0 aliphatic heterocycles. The van der Waals surface area contributed by atoms with Crippen LogP contribution in [-0.4, -0.2) is 23.1 Å². The summed E-state index contributed by atoms with van der Waals surface area (Å²) in [6, 6.07) is 14.3. The van der Waals surface area contributed by atoms with E-state index in [0.717, 1.165) is 24.2 Å². The number of rotatable bonds is 7. The lowest BCUT2D eigenvalue weighted by atomic mass is 10.2. The number of carbonyl (C=O) groups is 1. The molecule has 1 fully saturated rings. The minimum Gasteiger partial charge on any atom is -0.491 e. The summed E-state index contributed by atoms with van der Waals surface area (Å²) in [6.45, 7) is 4.66. The molecule has 2 aromatic rings. The SMILES string of the molecule is CC(C)Oc1cccc(CNC(=O)N(Cc2ccccc2F)C2CC2)c1. The van der Waals surface area contributed by atoms with Crippen molar-refractivity contribution in [3.63, 3.8) is 0 Å². The third-order valence-electron chi connectivity index (χ3n) is 4.26. The standard InChI is InChI=1S/C21H25FN2O2/c1-15(2)26-19-8-5-6-16(12-19)13-23-21(25)24(18-10-11-18)14-17-7-3-4-9-20(17)22/h3-9,12,15,18H,10-11,13-14H2,1-2H3,(H,23,25). The van der Waals surface area contributed by atoms with Gasteiger partial charge in [-0.15, -0.1) is 0 Å². The predicted octanol–water partition coefficient (Wildman–Crippen LogP) is 4.49. The van der Waals surface area contributed by atoms with Crippen molar-refractivity contribution in [2.75, 3.05) is 0 Å². The molecule has 0 radical (unpaired) electrons. The molecule has 2 amide bonds. The van der Waals surface area contributed by atoms with E-state index >= 15 is 0 Å². The van der Waals surface area contributed by atoms with Crippen LogP contribution in [0.15, 0.2) is 48.5 Å². The van der Waals surface area contributed by atoms with Crippen LogP contribution in [0.1, 0.15) is 37.8 Å². The lowest BCUT2D eigenvalue weighted by molar-refractivity contribution is 0.190. The highest BCUT2D eigenvalue weighted by molar-refractivity contribution is 5.75. The van der Waals surface area contributed by atoms with Gasteiger partial charge in [-0.3, -0.25) is 0 Å². The number of amides is 2. The Morgan fingerprint density at radius 1 is 1.23 bits per heavy atom. The van der Waals surface area contributed by atoms with Crippen molar-refractivity contribution >= 4 is 6.03 Å². The first kappa shape index (κ1) is 18.2. The number of nitrogens with zero attached hydrogens (tertiary/aromatic N) is 1. The zero-order valence-electron chi connectivity index (χ0n) is 15.2. The van der Waals surface area contributed by atoms with Crippen molar-refractivity contribution in [3.8, 4) is 5.75 Å². The molecule has 3 rings (SSSR count). The lowest BCUT2D eigenvalue weighted by Gasteiger charge is -2.23. The van der Waals surface area contributed by atoms with Gasteiger partial charge in [0.25, 0.3) is 0 Å². The second-order valence-corrected chi connectivity index (χ2v) is 6.92. The molecule has 5 heteroatoms. The van der Waals surface area contributed by atoms with Crippen LogP contribution in [0.2, 0.25) is 0 Å². The molecule has 0 bridgehead atoms. The molecule has 0 saturated heterocycles. The second-order valence-electron chi connectivity index (χ2n) is 6.92. The first-order valence-corrected chi connectivity index (χ1v) is 9.06. The van der Waals surface area contributed by atoms with E-state index < -0.39 is 0 Å². The molecule has 2 aromatic carbocycles. The Bertz CT molecular complexity index is 759. The van der Waals surface area contributed by atoms with Gasteiger partial charge in [-0.2, -0.15) is 0 Å². The van der Waals surface area contributed by atoms with Gasteiger partial charge in [0.2, 0.25) is 0 Å². The Balaban J connectivity index is 1.61. The summed E-state index contributed by atoms with van der Waals surface area (Å²) in [5.41, 5.74) is 1.51. The predicted molar refractivity (Wildman–Crippen MR) is 99.4 cm³/mol. The van der Waals surface area contributed by atoms with Crippen molar-refractivity contribution in [2.45, 2.75) is 51.9 Å². The van der Waals surface area contributed by atoms with E-state index in [2.05, 4.69) is 5.32 Å². The molecule has 4 nitrogen and oxygen atoms in total. The highest BCUT2D eigenvalue weighted by Gasteiger charge is 2.32. The summed E-state index contributed by atoms with van der Waals surface area (Å²) >= 11 is 0. The maximum absolute atomic E-state index is 13.9. The van der Waals surface area contributed by atoms with Crippen molar-refractivity contribution in [3.05, 3.63) is 65.5 Å². The zero-order valence-corrected chi connectivity index (χ0v) is 15.2. The maximum Gasteiger partial charge on any atom is 0.318 e. The summed E-state index contributed by atoms with van der Waals surface area (Å²) in [7, 11) is 0. The first-order valence-electron chi connectivity index (χ1n) is 9.06. The van der Waals surface area contributed by atoms with Gasteiger partial charge in [0.1, 0.15) is 11.6 Å². The summed E-state index contributed by atoms with van der Waals surface area (Å²) in [5.74, 6) is 0.515. The Labute approximate surface area is 154 Å². The number of ether oxygens (including phenoxy) is 1. The molecule has 1 N–H and O–H groups in total. The Morgan fingerprint density at radius 2 is 2.00 bits per heavy atom. The quantitative estimate of drug-likeness (QED) is 0.794. The summed E-state index contributed by atoms with van der Waals surface area (Å²) in [6.07, 6.45) is 2.05. The number of carbonyl (C=O) groups excluding carboxylic acids is 1. The van der Waals surface area contributed by atoms with Crippen molar-refractivity contribution in [2.24, 2.45) is 0 Å². The fourth-order valence-electron chi connectivity index (χ4n) is 2.84. The fraction of sp³-hybridized carbons (Fsp3) is 0.381. The summed E-state index contributed by atoms with van der Waals surface area (Å²) in [4.78, 5) is 14.4. The van der Waals surface area contributed by atoms with Gasteiger partial charge in [-0.1, -0.05) is 30.3 Å². The van der Waals surface area contributed by atoms with E-state index in [1.807, 2.05) is 38.1 Å². The molecule has 1 aliphatic carbocycles. The molecule has 0 heterocycles. The Hall–Kier alpha value is -2.56. The van der Waals surface area contributed by atoms with E-state index in [-0.39, 0.29) is 24.0 Å². The lowest BCUT2D eigenvalue weighted by Crippen LogP contribution is -2.40. The molecule has 0 spiro atoms. The fourth-order valence-corrected chi connectivity index (χ4v) is 2.84. The maximum atomic E-state index is 13.9. The molecule has 0 atom stereocenters. The molecular weight excluding hydrogens is 331 g/mol. The summed E-state index contributed by atoms with van der Waals surface area (Å²) < 4.78 is 19.6. The van der Waals surface area contributed by atoms with Gasteiger partial charge in [0, 0.05) is 18.2 Å². The highest BCUT2D eigenvalue weighted by atomic mass is 19.1. The van der Waals surface area contributed by atoms with Crippen LogP contribution in [0.4, 0.5) is 9.18 Å². The van der Waals surface area contributed by atoms with E-state index in [9.17, 15) is 9.18 Å². The van der Waals surface area contributed by atoms with Gasteiger partial charge >= 0.3 is 6.03 Å². The van der Waals surface area contributed by atoms with Gasteiger partial charge in [0.15, 0.2) is 0 Å². The average Bonchev–Trinajstić information content (AvgIpc) is 3.44. The molecule has 1 aliphatic rings. The molecule has 26 heavy (non-hydrogen) atoms. The summed E-state index contributed by atoms with van der Waals surface area (Å²) in [5, 5.41) is 2.95. The third kappa shape index (κ3) is 4.97. The van der Waals surface area contributed by atoms with Crippen LogP contribution in [0, 0.1) is 5.82 Å². The molecular formula is C21H25FN2O2. The second kappa shape index (κ2) is 8.21. The van der Waals surface area contributed by atoms with E-state index in [4.69, 9.17) is 4.74 Å². The van der Waals surface area contributed by atoms with E-state index in [1.165, 1.54) is 6.07 Å². The smallest absolute Gasteiger partial charge is 0.318 e. The van der Waals surface area contributed by atoms with Crippen LogP contribution in [0.25, 0.3) is 0 Å². The average molecular weight is 356 g/mol. The van der Waals surface area contributed by atoms with E-state index in [0.29, 0.717) is 18.7 Å². The number of hydrogen-bond donors (Lipinski definition) is 1. The number of benzene rings is 2.